The number of aliphatic hydroxyl groups is 4. The average Bonchev–Trinajstić information content (AvgIpc) is 2.97. The molecule has 0 aliphatic carbocycles. The lowest BCUT2D eigenvalue weighted by atomic mass is 9.87. The number of hydrogen-bond acceptors (Lipinski definition) is 10. The summed E-state index contributed by atoms with van der Waals surface area (Å²) in [4.78, 5) is 0. The molecule has 146 valence electrons. The molecule has 10 heteroatoms. The highest BCUT2D eigenvalue weighted by Gasteiger charge is 2.57. The zero-order chi connectivity index (χ0) is 18.2. The van der Waals surface area contributed by atoms with Crippen LogP contribution in [-0.4, -0.2) is 109 Å². The summed E-state index contributed by atoms with van der Waals surface area (Å²) in [5, 5.41) is 40.4. The van der Waals surface area contributed by atoms with Crippen molar-refractivity contribution < 1.29 is 48.8 Å². The second kappa shape index (κ2) is 7.69. The van der Waals surface area contributed by atoms with Crippen molar-refractivity contribution in [1.29, 1.82) is 0 Å². The first-order valence-corrected chi connectivity index (χ1v) is 8.23. The molecule has 9 atom stereocenters. The highest BCUT2D eigenvalue weighted by Crippen LogP contribution is 2.38. The number of hydrogen-bond donors (Lipinski definition) is 4. The Kier molecular flexibility index (Phi) is 5.95. The van der Waals surface area contributed by atoms with Crippen molar-refractivity contribution in [3.63, 3.8) is 0 Å². The first-order valence-electron chi connectivity index (χ1n) is 8.23. The zero-order valence-corrected chi connectivity index (χ0v) is 14.2. The predicted octanol–water partition coefficient (Wildman–Crippen LogP) is -2.65. The van der Waals surface area contributed by atoms with Crippen molar-refractivity contribution >= 4 is 0 Å². The Bertz CT molecular complexity index is 450. The summed E-state index contributed by atoms with van der Waals surface area (Å²) >= 11 is 0. The SMILES string of the molecule is CO[C@@H]1OC(CO)C[C@@](CO)(O[C@@H]2OC3COC(C2O)[C@@H]3OC)C1O. The number of ether oxygens (including phenoxy) is 6. The predicted molar refractivity (Wildman–Crippen MR) is 79.5 cm³/mol. The van der Waals surface area contributed by atoms with E-state index in [0.29, 0.717) is 0 Å². The highest BCUT2D eigenvalue weighted by molar-refractivity contribution is 5.01. The van der Waals surface area contributed by atoms with Gasteiger partial charge in [-0.2, -0.15) is 0 Å². The van der Waals surface area contributed by atoms with Crippen molar-refractivity contribution in [1.82, 2.24) is 0 Å². The normalized spacial score (nSPS) is 50.2. The van der Waals surface area contributed by atoms with Gasteiger partial charge in [-0.3, -0.25) is 0 Å². The highest BCUT2D eigenvalue weighted by atomic mass is 16.7. The molecule has 0 amide bonds. The quantitative estimate of drug-likeness (QED) is 0.394. The van der Waals surface area contributed by atoms with Gasteiger partial charge in [-0.1, -0.05) is 0 Å². The molecule has 25 heavy (non-hydrogen) atoms. The van der Waals surface area contributed by atoms with E-state index in [1.165, 1.54) is 14.2 Å². The summed E-state index contributed by atoms with van der Waals surface area (Å²) in [5.74, 6) is 0. The van der Waals surface area contributed by atoms with E-state index in [1.54, 1.807) is 0 Å². The van der Waals surface area contributed by atoms with E-state index < -0.39 is 61.4 Å². The van der Waals surface area contributed by atoms with Gasteiger partial charge in [-0.05, 0) is 0 Å². The summed E-state index contributed by atoms with van der Waals surface area (Å²) in [5.41, 5.74) is -1.53. The zero-order valence-electron chi connectivity index (χ0n) is 14.2. The van der Waals surface area contributed by atoms with Crippen molar-refractivity contribution in [2.45, 2.75) is 61.2 Å². The molecule has 3 saturated heterocycles. The maximum Gasteiger partial charge on any atom is 0.187 e. The Morgan fingerprint density at radius 1 is 1.08 bits per heavy atom. The largest absolute Gasteiger partial charge is 0.394 e. The molecule has 0 aromatic rings. The van der Waals surface area contributed by atoms with Crippen LogP contribution in [0.15, 0.2) is 0 Å². The Labute approximate surface area is 145 Å². The van der Waals surface area contributed by atoms with Gasteiger partial charge in [0.15, 0.2) is 12.6 Å². The summed E-state index contributed by atoms with van der Waals surface area (Å²) in [7, 11) is 2.84. The average molecular weight is 366 g/mol. The van der Waals surface area contributed by atoms with Crippen molar-refractivity contribution in [2.75, 3.05) is 34.0 Å². The minimum absolute atomic E-state index is 0.00248. The van der Waals surface area contributed by atoms with Crippen molar-refractivity contribution in [3.05, 3.63) is 0 Å². The van der Waals surface area contributed by atoms with Crippen LogP contribution in [-0.2, 0) is 28.4 Å². The monoisotopic (exact) mass is 366 g/mol. The van der Waals surface area contributed by atoms with E-state index in [2.05, 4.69) is 0 Å². The Balaban J connectivity index is 1.79. The van der Waals surface area contributed by atoms with Crippen LogP contribution in [0.2, 0.25) is 0 Å². The van der Waals surface area contributed by atoms with Gasteiger partial charge in [-0.15, -0.1) is 0 Å². The van der Waals surface area contributed by atoms with Crippen LogP contribution in [0.5, 0.6) is 0 Å². The number of fused-ring (bicyclic) bond motifs is 2. The molecule has 3 fully saturated rings. The number of rotatable bonds is 6. The topological polar surface area (TPSA) is 136 Å². The van der Waals surface area contributed by atoms with E-state index in [4.69, 9.17) is 28.4 Å². The van der Waals surface area contributed by atoms with Crippen LogP contribution in [0.1, 0.15) is 6.42 Å². The molecule has 0 radical (unpaired) electrons. The Hall–Kier alpha value is -0.400. The van der Waals surface area contributed by atoms with Crippen LogP contribution in [0.3, 0.4) is 0 Å². The van der Waals surface area contributed by atoms with E-state index >= 15 is 0 Å². The van der Waals surface area contributed by atoms with E-state index in [0.717, 1.165) is 0 Å². The Morgan fingerprint density at radius 2 is 1.84 bits per heavy atom. The van der Waals surface area contributed by atoms with Gasteiger partial charge in [0.25, 0.3) is 0 Å². The molecule has 0 spiro atoms. The maximum absolute atomic E-state index is 10.5. The van der Waals surface area contributed by atoms with Gasteiger partial charge in [0.1, 0.15) is 36.1 Å². The van der Waals surface area contributed by atoms with Gasteiger partial charge >= 0.3 is 0 Å². The van der Waals surface area contributed by atoms with Crippen LogP contribution in [0.4, 0.5) is 0 Å². The lowest BCUT2D eigenvalue weighted by Gasteiger charge is -2.49. The fourth-order valence-corrected chi connectivity index (χ4v) is 3.71. The molecule has 2 bridgehead atoms. The van der Waals surface area contributed by atoms with Crippen LogP contribution in [0, 0.1) is 0 Å². The molecular formula is C15H26O10. The summed E-state index contributed by atoms with van der Waals surface area (Å²) in [6.07, 6.45) is -6.94. The van der Waals surface area contributed by atoms with Gasteiger partial charge in [0, 0.05) is 20.6 Å². The molecule has 5 unspecified atom stereocenters. The van der Waals surface area contributed by atoms with Gasteiger partial charge in [0.2, 0.25) is 0 Å². The third-order valence-corrected chi connectivity index (χ3v) is 5.09. The van der Waals surface area contributed by atoms with Crippen LogP contribution < -0.4 is 0 Å². The first-order chi connectivity index (χ1) is 12.0. The Morgan fingerprint density at radius 3 is 2.44 bits per heavy atom. The molecular weight excluding hydrogens is 340 g/mol. The van der Waals surface area contributed by atoms with E-state index in [-0.39, 0.29) is 19.6 Å². The minimum atomic E-state index is -1.53. The molecule has 0 aromatic carbocycles. The fraction of sp³-hybridized carbons (Fsp3) is 1.00. The second-order valence-corrected chi connectivity index (χ2v) is 6.57. The number of methoxy groups -OCH3 is 2. The third-order valence-electron chi connectivity index (χ3n) is 5.09. The summed E-state index contributed by atoms with van der Waals surface area (Å²) in [6.45, 7) is -0.673. The molecule has 0 saturated carbocycles. The van der Waals surface area contributed by atoms with E-state index in [9.17, 15) is 20.4 Å². The smallest absolute Gasteiger partial charge is 0.187 e. The molecule has 0 aromatic heterocycles. The van der Waals surface area contributed by atoms with E-state index in [1.807, 2.05) is 0 Å². The molecule has 4 N–H and O–H groups in total. The van der Waals surface area contributed by atoms with Crippen LogP contribution in [0.25, 0.3) is 0 Å². The number of aliphatic hydroxyl groups excluding tert-OH is 4. The standard InChI is InChI=1S/C15H26O10/c1-20-10-8-5-22-11(10)9(18)13(24-8)25-15(6-17)3-7(4-16)23-14(21-2)12(15)19/h7-14,16-19H,3-6H2,1-2H3/t7?,8?,9?,10-,11?,12?,13+,14-,15+/m1/s1. The van der Waals surface area contributed by atoms with Gasteiger partial charge in [0.05, 0.1) is 25.9 Å². The maximum atomic E-state index is 10.5. The van der Waals surface area contributed by atoms with Gasteiger partial charge < -0.3 is 48.8 Å². The van der Waals surface area contributed by atoms with Crippen molar-refractivity contribution in [2.24, 2.45) is 0 Å². The fourth-order valence-electron chi connectivity index (χ4n) is 3.71. The molecule has 10 nitrogen and oxygen atoms in total. The summed E-state index contributed by atoms with van der Waals surface area (Å²) in [6, 6.07) is 0. The third kappa shape index (κ3) is 3.32. The van der Waals surface area contributed by atoms with Crippen molar-refractivity contribution in [3.8, 4) is 0 Å². The summed E-state index contributed by atoms with van der Waals surface area (Å²) < 4.78 is 32.8. The lowest BCUT2D eigenvalue weighted by Crippen LogP contribution is -2.65. The minimum Gasteiger partial charge on any atom is -0.394 e. The molecule has 3 heterocycles. The van der Waals surface area contributed by atoms with Gasteiger partial charge in [-0.25, -0.2) is 0 Å². The second-order valence-electron chi connectivity index (χ2n) is 6.57. The lowest BCUT2D eigenvalue weighted by molar-refractivity contribution is -0.361. The molecule has 3 aliphatic rings. The first kappa shape index (κ1) is 19.4. The van der Waals surface area contributed by atoms with Crippen LogP contribution >= 0.6 is 0 Å². The molecule has 3 rings (SSSR count). The molecule has 3 aliphatic heterocycles.